The summed E-state index contributed by atoms with van der Waals surface area (Å²) in [6.45, 7) is 3.04. The number of nitrogens with two attached hydrogens (primary N) is 1. The molecular formula is C17H26N2O2. The van der Waals surface area contributed by atoms with Gasteiger partial charge in [0.1, 0.15) is 5.75 Å². The van der Waals surface area contributed by atoms with Crippen molar-refractivity contribution in [3.05, 3.63) is 23.8 Å². The van der Waals surface area contributed by atoms with Gasteiger partial charge in [-0.3, -0.25) is 4.79 Å². The second-order valence-electron chi connectivity index (χ2n) is 6.13. The average molecular weight is 290 g/mol. The molecule has 2 rings (SSSR count). The Morgan fingerprint density at radius 1 is 1.33 bits per heavy atom. The van der Waals surface area contributed by atoms with Gasteiger partial charge in [0.2, 0.25) is 0 Å². The molecule has 0 unspecified atom stereocenters. The molecule has 0 radical (unpaired) electrons. The average Bonchev–Trinajstić information content (AvgIpc) is 2.49. The molecule has 4 nitrogen and oxygen atoms in total. The van der Waals surface area contributed by atoms with Crippen LogP contribution < -0.4 is 15.8 Å². The number of nitrogen functional groups attached to an aromatic ring is 1. The van der Waals surface area contributed by atoms with Crippen molar-refractivity contribution >= 4 is 11.6 Å². The Labute approximate surface area is 127 Å². The Kier molecular flexibility index (Phi) is 5.48. The summed E-state index contributed by atoms with van der Waals surface area (Å²) in [5, 5.41) is 2.98. The summed E-state index contributed by atoms with van der Waals surface area (Å²) in [5.41, 5.74) is 6.82. The molecule has 1 saturated carbocycles. The summed E-state index contributed by atoms with van der Waals surface area (Å²) in [6, 6.07) is 5.13. The number of amides is 1. The van der Waals surface area contributed by atoms with Crippen molar-refractivity contribution in [3.63, 3.8) is 0 Å². The van der Waals surface area contributed by atoms with Gasteiger partial charge in [0, 0.05) is 12.2 Å². The number of rotatable bonds is 5. The van der Waals surface area contributed by atoms with Gasteiger partial charge in [-0.05, 0) is 36.5 Å². The molecule has 0 atom stereocenters. The number of nitrogens with one attached hydrogen (secondary N) is 1. The van der Waals surface area contributed by atoms with Gasteiger partial charge < -0.3 is 15.8 Å². The van der Waals surface area contributed by atoms with Gasteiger partial charge in [0.25, 0.3) is 5.91 Å². The highest BCUT2D eigenvalue weighted by molar-refractivity contribution is 5.97. The SMILES string of the molecule is COc1ccc(N)cc1C(=O)NCCC1CCC(C)CC1. The highest BCUT2D eigenvalue weighted by atomic mass is 16.5. The van der Waals surface area contributed by atoms with E-state index >= 15 is 0 Å². The molecule has 1 fully saturated rings. The molecule has 0 bridgehead atoms. The summed E-state index contributed by atoms with van der Waals surface area (Å²) in [4.78, 5) is 12.2. The standard InChI is InChI=1S/C17H26N2O2/c1-12-3-5-13(6-4-12)9-10-19-17(20)15-11-14(18)7-8-16(15)21-2/h7-8,11-13H,3-6,9-10,18H2,1-2H3,(H,19,20). The first kappa shape index (κ1) is 15.7. The highest BCUT2D eigenvalue weighted by Gasteiger charge is 2.18. The number of carbonyl (C=O) groups is 1. The Balaban J connectivity index is 1.83. The van der Waals surface area contributed by atoms with Gasteiger partial charge in [-0.1, -0.05) is 32.6 Å². The van der Waals surface area contributed by atoms with E-state index in [2.05, 4.69) is 12.2 Å². The first-order valence-electron chi connectivity index (χ1n) is 7.82. The van der Waals surface area contributed by atoms with Crippen LogP contribution in [0.5, 0.6) is 5.75 Å². The maximum atomic E-state index is 12.2. The highest BCUT2D eigenvalue weighted by Crippen LogP contribution is 2.30. The minimum absolute atomic E-state index is 0.108. The van der Waals surface area contributed by atoms with Crippen LogP contribution in [0.15, 0.2) is 18.2 Å². The number of ether oxygens (including phenoxy) is 1. The lowest BCUT2D eigenvalue weighted by Gasteiger charge is -2.26. The van der Waals surface area contributed by atoms with Crippen LogP contribution >= 0.6 is 0 Å². The maximum absolute atomic E-state index is 12.2. The van der Waals surface area contributed by atoms with Gasteiger partial charge >= 0.3 is 0 Å². The Morgan fingerprint density at radius 3 is 2.71 bits per heavy atom. The van der Waals surface area contributed by atoms with Gasteiger partial charge in [0.05, 0.1) is 12.7 Å². The predicted octanol–water partition coefficient (Wildman–Crippen LogP) is 3.22. The second kappa shape index (κ2) is 7.34. The van der Waals surface area contributed by atoms with Crippen molar-refractivity contribution in [2.45, 2.75) is 39.0 Å². The largest absolute Gasteiger partial charge is 0.496 e. The summed E-state index contributed by atoms with van der Waals surface area (Å²) in [6.07, 6.45) is 6.28. The van der Waals surface area contributed by atoms with E-state index in [0.29, 0.717) is 17.0 Å². The van der Waals surface area contributed by atoms with E-state index in [1.54, 1.807) is 25.3 Å². The lowest BCUT2D eigenvalue weighted by molar-refractivity contribution is 0.0946. The van der Waals surface area contributed by atoms with Crippen molar-refractivity contribution in [1.29, 1.82) is 0 Å². The third-order valence-corrected chi connectivity index (χ3v) is 4.44. The van der Waals surface area contributed by atoms with Crippen LogP contribution in [0.1, 0.15) is 49.4 Å². The smallest absolute Gasteiger partial charge is 0.255 e. The van der Waals surface area contributed by atoms with Crippen LogP contribution in [-0.4, -0.2) is 19.6 Å². The Bertz CT molecular complexity index is 480. The van der Waals surface area contributed by atoms with Crippen LogP contribution in [0.25, 0.3) is 0 Å². The molecule has 0 spiro atoms. The van der Waals surface area contributed by atoms with Crippen molar-refractivity contribution in [3.8, 4) is 5.75 Å². The number of anilines is 1. The normalized spacial score (nSPS) is 21.8. The fourth-order valence-corrected chi connectivity index (χ4v) is 3.01. The van der Waals surface area contributed by atoms with E-state index in [-0.39, 0.29) is 5.91 Å². The van der Waals surface area contributed by atoms with Crippen LogP contribution in [0.2, 0.25) is 0 Å². The molecule has 1 aliphatic carbocycles. The topological polar surface area (TPSA) is 64.3 Å². The molecular weight excluding hydrogens is 264 g/mol. The monoisotopic (exact) mass is 290 g/mol. The summed E-state index contributed by atoms with van der Waals surface area (Å²) < 4.78 is 5.21. The molecule has 0 heterocycles. The van der Waals surface area contributed by atoms with Crippen LogP contribution in [-0.2, 0) is 0 Å². The van der Waals surface area contributed by atoms with Gasteiger partial charge in [-0.15, -0.1) is 0 Å². The van der Waals surface area contributed by atoms with Crippen molar-refractivity contribution in [2.75, 3.05) is 19.4 Å². The van der Waals surface area contributed by atoms with E-state index in [1.807, 2.05) is 0 Å². The third kappa shape index (κ3) is 4.38. The number of hydrogen-bond acceptors (Lipinski definition) is 3. The second-order valence-corrected chi connectivity index (χ2v) is 6.13. The lowest BCUT2D eigenvalue weighted by atomic mass is 9.81. The van der Waals surface area contributed by atoms with E-state index in [4.69, 9.17) is 10.5 Å². The van der Waals surface area contributed by atoms with Gasteiger partial charge in [-0.2, -0.15) is 0 Å². The predicted molar refractivity (Wildman–Crippen MR) is 85.5 cm³/mol. The van der Waals surface area contributed by atoms with Crippen molar-refractivity contribution < 1.29 is 9.53 Å². The zero-order valence-corrected chi connectivity index (χ0v) is 13.0. The molecule has 4 heteroatoms. The number of benzene rings is 1. The van der Waals surface area contributed by atoms with E-state index in [1.165, 1.54) is 25.7 Å². The summed E-state index contributed by atoms with van der Waals surface area (Å²) in [5.74, 6) is 2.08. The molecule has 21 heavy (non-hydrogen) atoms. The fraction of sp³-hybridized carbons (Fsp3) is 0.588. The van der Waals surface area contributed by atoms with Crippen LogP contribution in [0.4, 0.5) is 5.69 Å². The molecule has 116 valence electrons. The zero-order chi connectivity index (χ0) is 15.2. The lowest BCUT2D eigenvalue weighted by Crippen LogP contribution is -2.27. The number of carbonyl (C=O) groups excluding carboxylic acids is 1. The Hall–Kier alpha value is -1.71. The molecule has 1 aliphatic rings. The van der Waals surface area contributed by atoms with Crippen molar-refractivity contribution in [2.24, 2.45) is 11.8 Å². The first-order valence-corrected chi connectivity index (χ1v) is 7.82. The Morgan fingerprint density at radius 2 is 2.05 bits per heavy atom. The molecule has 0 aromatic heterocycles. The van der Waals surface area contributed by atoms with E-state index in [0.717, 1.165) is 24.8 Å². The minimum atomic E-state index is -0.108. The maximum Gasteiger partial charge on any atom is 0.255 e. The van der Waals surface area contributed by atoms with Gasteiger partial charge in [-0.25, -0.2) is 0 Å². The zero-order valence-electron chi connectivity index (χ0n) is 13.0. The van der Waals surface area contributed by atoms with E-state index < -0.39 is 0 Å². The quantitative estimate of drug-likeness (QED) is 0.818. The molecule has 1 aromatic carbocycles. The fourth-order valence-electron chi connectivity index (χ4n) is 3.01. The molecule has 0 saturated heterocycles. The minimum Gasteiger partial charge on any atom is -0.496 e. The van der Waals surface area contributed by atoms with Crippen LogP contribution in [0, 0.1) is 11.8 Å². The van der Waals surface area contributed by atoms with Gasteiger partial charge in [0.15, 0.2) is 0 Å². The van der Waals surface area contributed by atoms with Crippen molar-refractivity contribution in [1.82, 2.24) is 5.32 Å². The van der Waals surface area contributed by atoms with Crippen LogP contribution in [0.3, 0.4) is 0 Å². The summed E-state index contributed by atoms with van der Waals surface area (Å²) in [7, 11) is 1.56. The molecule has 3 N–H and O–H groups in total. The summed E-state index contributed by atoms with van der Waals surface area (Å²) >= 11 is 0. The number of hydrogen-bond donors (Lipinski definition) is 2. The molecule has 1 aromatic rings. The number of methoxy groups -OCH3 is 1. The first-order chi connectivity index (χ1) is 10.1. The molecule has 0 aliphatic heterocycles. The third-order valence-electron chi connectivity index (χ3n) is 4.44. The molecule has 1 amide bonds. The van der Waals surface area contributed by atoms with E-state index in [9.17, 15) is 4.79 Å².